The molecule has 0 fully saturated rings. The highest BCUT2D eigenvalue weighted by atomic mass is 35.5. The summed E-state index contributed by atoms with van der Waals surface area (Å²) < 4.78 is 0. The van der Waals surface area contributed by atoms with E-state index < -0.39 is 17.7 Å². The van der Waals surface area contributed by atoms with Crippen molar-refractivity contribution < 1.29 is 14.4 Å². The summed E-state index contributed by atoms with van der Waals surface area (Å²) in [6.45, 7) is -0.0184. The summed E-state index contributed by atoms with van der Waals surface area (Å²) in [4.78, 5) is 37.3. The van der Waals surface area contributed by atoms with Gasteiger partial charge in [0, 0.05) is 11.6 Å². The molecule has 2 aromatic rings. The number of benzene rings is 2. The fraction of sp³-hybridized carbons (Fsp3) is 0.118. The maximum atomic E-state index is 12.2. The molecular formula is C17H13ClN2O3. The minimum atomic E-state index is -0.441. The van der Waals surface area contributed by atoms with E-state index >= 15 is 0 Å². The van der Waals surface area contributed by atoms with Crippen molar-refractivity contribution in [2.24, 2.45) is 0 Å². The van der Waals surface area contributed by atoms with Crippen molar-refractivity contribution >= 4 is 29.3 Å². The average molecular weight is 329 g/mol. The van der Waals surface area contributed by atoms with Crippen LogP contribution in [0.3, 0.4) is 0 Å². The van der Waals surface area contributed by atoms with Gasteiger partial charge in [0.1, 0.15) is 6.54 Å². The van der Waals surface area contributed by atoms with E-state index in [0.29, 0.717) is 16.1 Å². The van der Waals surface area contributed by atoms with Crippen LogP contribution in [0.1, 0.15) is 26.3 Å². The third kappa shape index (κ3) is 3.10. The lowest BCUT2D eigenvalue weighted by Gasteiger charge is -2.13. The first-order chi connectivity index (χ1) is 11.1. The molecule has 0 aromatic heterocycles. The first kappa shape index (κ1) is 15.2. The maximum Gasteiger partial charge on any atom is 0.262 e. The minimum absolute atomic E-state index is 0.280. The van der Waals surface area contributed by atoms with Crippen molar-refractivity contribution in [2.75, 3.05) is 6.54 Å². The van der Waals surface area contributed by atoms with Gasteiger partial charge in [0.15, 0.2) is 0 Å². The van der Waals surface area contributed by atoms with Gasteiger partial charge in [0.25, 0.3) is 11.8 Å². The molecule has 6 heteroatoms. The summed E-state index contributed by atoms with van der Waals surface area (Å²) in [6, 6.07) is 13.6. The molecule has 0 atom stereocenters. The van der Waals surface area contributed by atoms with Crippen molar-refractivity contribution in [1.82, 2.24) is 10.2 Å². The second-order valence-corrected chi connectivity index (χ2v) is 5.59. The normalized spacial score (nSPS) is 13.2. The standard InChI is InChI=1S/C17H13ClN2O3/c18-12-5-3-4-11(8-12)9-19-15(21)10-20-16(22)13-6-1-2-7-14(13)17(20)23/h1-8H,9-10H2,(H,19,21). The molecule has 1 N–H and O–H groups in total. The van der Waals surface area contributed by atoms with Crippen LogP contribution in [0.2, 0.25) is 5.02 Å². The molecule has 23 heavy (non-hydrogen) atoms. The fourth-order valence-corrected chi connectivity index (χ4v) is 2.64. The van der Waals surface area contributed by atoms with Gasteiger partial charge < -0.3 is 5.32 Å². The Morgan fingerprint density at radius 2 is 1.65 bits per heavy atom. The van der Waals surface area contributed by atoms with Gasteiger partial charge in [-0.1, -0.05) is 35.9 Å². The molecule has 0 bridgehead atoms. The van der Waals surface area contributed by atoms with Gasteiger partial charge in [-0.15, -0.1) is 0 Å². The lowest BCUT2D eigenvalue weighted by atomic mass is 10.1. The molecule has 3 rings (SSSR count). The van der Waals surface area contributed by atoms with E-state index in [4.69, 9.17) is 11.6 Å². The Hall–Kier alpha value is -2.66. The van der Waals surface area contributed by atoms with Crippen molar-refractivity contribution in [1.29, 1.82) is 0 Å². The van der Waals surface area contributed by atoms with E-state index in [0.717, 1.165) is 10.5 Å². The van der Waals surface area contributed by atoms with E-state index in [1.165, 1.54) is 0 Å². The van der Waals surface area contributed by atoms with E-state index in [1.807, 2.05) is 6.07 Å². The van der Waals surface area contributed by atoms with Crippen molar-refractivity contribution in [3.63, 3.8) is 0 Å². The van der Waals surface area contributed by atoms with Gasteiger partial charge in [-0.2, -0.15) is 0 Å². The summed E-state index contributed by atoms with van der Waals surface area (Å²) in [5, 5.41) is 3.26. The van der Waals surface area contributed by atoms with E-state index in [1.54, 1.807) is 42.5 Å². The Kier molecular flexibility index (Phi) is 4.12. The monoisotopic (exact) mass is 328 g/mol. The zero-order valence-corrected chi connectivity index (χ0v) is 12.8. The summed E-state index contributed by atoms with van der Waals surface area (Å²) >= 11 is 5.88. The number of rotatable bonds is 4. The number of carbonyl (C=O) groups excluding carboxylic acids is 3. The Balaban J connectivity index is 1.63. The number of amides is 3. The molecular weight excluding hydrogens is 316 g/mol. The van der Waals surface area contributed by atoms with Crippen LogP contribution in [-0.4, -0.2) is 29.2 Å². The number of imide groups is 1. The Labute approximate surface area is 137 Å². The minimum Gasteiger partial charge on any atom is -0.350 e. The summed E-state index contributed by atoms with van der Waals surface area (Å²) in [6.07, 6.45) is 0. The van der Waals surface area contributed by atoms with Crippen LogP contribution in [0, 0.1) is 0 Å². The Morgan fingerprint density at radius 3 is 2.26 bits per heavy atom. The van der Waals surface area contributed by atoms with Crippen molar-refractivity contribution in [2.45, 2.75) is 6.54 Å². The number of nitrogens with zero attached hydrogens (tertiary/aromatic N) is 1. The molecule has 0 saturated carbocycles. The SMILES string of the molecule is O=C(CN1C(=O)c2ccccc2C1=O)NCc1cccc(Cl)c1. The third-order valence-electron chi connectivity index (χ3n) is 3.56. The van der Waals surface area contributed by atoms with Gasteiger partial charge in [-0.05, 0) is 29.8 Å². The molecule has 1 aliphatic rings. The predicted octanol–water partition coefficient (Wildman–Crippen LogP) is 2.25. The largest absolute Gasteiger partial charge is 0.350 e. The molecule has 1 heterocycles. The Bertz CT molecular complexity index is 769. The summed E-state index contributed by atoms with van der Waals surface area (Å²) in [7, 11) is 0. The molecule has 5 nitrogen and oxygen atoms in total. The number of nitrogens with one attached hydrogen (secondary N) is 1. The topological polar surface area (TPSA) is 66.5 Å². The van der Waals surface area contributed by atoms with Gasteiger partial charge >= 0.3 is 0 Å². The highest BCUT2D eigenvalue weighted by Crippen LogP contribution is 2.21. The number of carbonyl (C=O) groups is 3. The first-order valence-electron chi connectivity index (χ1n) is 7.02. The van der Waals surface area contributed by atoms with Gasteiger partial charge in [-0.3, -0.25) is 19.3 Å². The van der Waals surface area contributed by atoms with Gasteiger partial charge in [-0.25, -0.2) is 0 Å². The molecule has 2 aromatic carbocycles. The summed E-state index contributed by atoms with van der Waals surface area (Å²) in [5.41, 5.74) is 1.51. The lowest BCUT2D eigenvalue weighted by molar-refractivity contribution is -0.121. The van der Waals surface area contributed by atoms with E-state index in [9.17, 15) is 14.4 Å². The van der Waals surface area contributed by atoms with Crippen LogP contribution in [0.15, 0.2) is 48.5 Å². The molecule has 0 aliphatic carbocycles. The van der Waals surface area contributed by atoms with Crippen molar-refractivity contribution in [3.05, 3.63) is 70.2 Å². The van der Waals surface area contributed by atoms with Crippen LogP contribution < -0.4 is 5.32 Å². The van der Waals surface area contributed by atoms with Crippen LogP contribution in [0.5, 0.6) is 0 Å². The molecule has 0 radical (unpaired) electrons. The molecule has 0 unspecified atom stereocenters. The van der Waals surface area contributed by atoms with Crippen LogP contribution in [0.25, 0.3) is 0 Å². The second-order valence-electron chi connectivity index (χ2n) is 5.15. The highest BCUT2D eigenvalue weighted by Gasteiger charge is 2.36. The highest BCUT2D eigenvalue weighted by molar-refractivity contribution is 6.30. The number of halogens is 1. The summed E-state index contributed by atoms with van der Waals surface area (Å²) in [5.74, 6) is -1.29. The maximum absolute atomic E-state index is 12.2. The first-order valence-corrected chi connectivity index (χ1v) is 7.40. The number of hydrogen-bond acceptors (Lipinski definition) is 3. The second kappa shape index (κ2) is 6.22. The zero-order valence-electron chi connectivity index (χ0n) is 12.1. The third-order valence-corrected chi connectivity index (χ3v) is 3.79. The molecule has 116 valence electrons. The predicted molar refractivity (Wildman–Crippen MR) is 85.1 cm³/mol. The quantitative estimate of drug-likeness (QED) is 0.875. The van der Waals surface area contributed by atoms with Crippen LogP contribution in [0.4, 0.5) is 0 Å². The zero-order chi connectivity index (χ0) is 16.4. The lowest BCUT2D eigenvalue weighted by Crippen LogP contribution is -2.40. The van der Waals surface area contributed by atoms with Crippen LogP contribution >= 0.6 is 11.6 Å². The molecule has 1 aliphatic heterocycles. The van der Waals surface area contributed by atoms with Crippen LogP contribution in [-0.2, 0) is 11.3 Å². The molecule has 3 amide bonds. The average Bonchev–Trinajstić information content (AvgIpc) is 2.79. The van der Waals surface area contributed by atoms with Gasteiger partial charge in [0.2, 0.25) is 5.91 Å². The number of hydrogen-bond donors (Lipinski definition) is 1. The van der Waals surface area contributed by atoms with Crippen molar-refractivity contribution in [3.8, 4) is 0 Å². The van der Waals surface area contributed by atoms with Gasteiger partial charge in [0.05, 0.1) is 11.1 Å². The smallest absolute Gasteiger partial charge is 0.262 e. The Morgan fingerprint density at radius 1 is 1.00 bits per heavy atom. The fourth-order valence-electron chi connectivity index (χ4n) is 2.43. The van der Waals surface area contributed by atoms with E-state index in [2.05, 4.69) is 5.32 Å². The number of fused-ring (bicyclic) bond motifs is 1. The van der Waals surface area contributed by atoms with E-state index in [-0.39, 0.29) is 13.1 Å². The molecule has 0 spiro atoms. The molecule has 0 saturated heterocycles.